The molecule has 1 aromatic carbocycles. The summed E-state index contributed by atoms with van der Waals surface area (Å²) in [6.45, 7) is 1.32. The first-order valence-electron chi connectivity index (χ1n) is 6.52. The number of halogens is 3. The molecule has 1 amide bonds. The zero-order valence-electron chi connectivity index (χ0n) is 12.1. The first kappa shape index (κ1) is 19.6. The molecular formula is C14H21ClF2N2O2. The molecule has 0 bridgehead atoms. The molecule has 7 heteroatoms. The summed E-state index contributed by atoms with van der Waals surface area (Å²) >= 11 is 0. The Hall–Kier alpha value is -1.40. The fourth-order valence-corrected chi connectivity index (χ4v) is 1.67. The number of amides is 1. The topological polar surface area (TPSA) is 64.3 Å². The highest BCUT2D eigenvalue weighted by atomic mass is 35.5. The Kier molecular flexibility index (Phi) is 8.21. The quantitative estimate of drug-likeness (QED) is 0.811. The maximum Gasteiger partial charge on any atom is 0.387 e. The molecule has 0 aliphatic rings. The van der Waals surface area contributed by atoms with Crippen LogP contribution in [-0.4, -0.2) is 24.6 Å². The summed E-state index contributed by atoms with van der Waals surface area (Å²) in [5, 5.41) is 2.71. The molecule has 120 valence electrons. The largest absolute Gasteiger partial charge is 0.435 e. The normalized spacial score (nSPS) is 11.0. The van der Waals surface area contributed by atoms with Crippen LogP contribution in [0.3, 0.4) is 0 Å². The summed E-state index contributed by atoms with van der Waals surface area (Å²) in [7, 11) is 0. The average molecular weight is 323 g/mol. The average Bonchev–Trinajstić information content (AvgIpc) is 2.44. The first-order valence-corrected chi connectivity index (χ1v) is 6.52. The second-order valence-electron chi connectivity index (χ2n) is 4.66. The minimum Gasteiger partial charge on any atom is -0.435 e. The van der Waals surface area contributed by atoms with E-state index in [0.717, 1.165) is 12.8 Å². The molecule has 3 N–H and O–H groups in total. The number of benzene rings is 1. The van der Waals surface area contributed by atoms with E-state index in [1.54, 1.807) is 0 Å². The van der Waals surface area contributed by atoms with Gasteiger partial charge in [0.05, 0.1) is 0 Å². The van der Waals surface area contributed by atoms with Crippen LogP contribution in [0.2, 0.25) is 0 Å². The standard InChI is InChI=1S/C14H20F2N2O2.ClH/c1-3-14(17,4-2)9-18-12(19)10-6-5-7-11(8-10)20-13(15)16;/h5-8,13H,3-4,9,17H2,1-2H3,(H,18,19);1H. The van der Waals surface area contributed by atoms with Crippen molar-refractivity contribution in [3.8, 4) is 5.75 Å². The molecule has 0 aliphatic heterocycles. The van der Waals surface area contributed by atoms with Crippen molar-refractivity contribution in [3.05, 3.63) is 29.8 Å². The van der Waals surface area contributed by atoms with Crippen LogP contribution in [0.4, 0.5) is 8.78 Å². The number of hydrogen-bond donors (Lipinski definition) is 2. The number of carbonyl (C=O) groups excluding carboxylic acids is 1. The molecule has 0 fully saturated rings. The second kappa shape index (κ2) is 8.79. The zero-order chi connectivity index (χ0) is 15.2. The Labute approximate surface area is 129 Å². The van der Waals surface area contributed by atoms with E-state index in [0.29, 0.717) is 6.54 Å². The third kappa shape index (κ3) is 6.27. The van der Waals surface area contributed by atoms with E-state index in [1.165, 1.54) is 24.3 Å². The van der Waals surface area contributed by atoms with Crippen LogP contribution in [-0.2, 0) is 0 Å². The van der Waals surface area contributed by atoms with Crippen LogP contribution < -0.4 is 15.8 Å². The molecule has 0 saturated carbocycles. The molecule has 4 nitrogen and oxygen atoms in total. The lowest BCUT2D eigenvalue weighted by molar-refractivity contribution is -0.0498. The minimum atomic E-state index is -2.91. The summed E-state index contributed by atoms with van der Waals surface area (Å²) in [6, 6.07) is 5.66. The van der Waals surface area contributed by atoms with Gasteiger partial charge in [0.2, 0.25) is 0 Å². The van der Waals surface area contributed by atoms with Gasteiger partial charge in [-0.15, -0.1) is 12.4 Å². The Bertz CT molecular complexity index is 454. The summed E-state index contributed by atoms with van der Waals surface area (Å²) < 4.78 is 28.5. The number of alkyl halides is 2. The predicted molar refractivity (Wildman–Crippen MR) is 80.2 cm³/mol. The lowest BCUT2D eigenvalue weighted by atomic mass is 9.94. The molecule has 0 spiro atoms. The molecule has 0 radical (unpaired) electrons. The zero-order valence-corrected chi connectivity index (χ0v) is 12.9. The molecule has 0 unspecified atom stereocenters. The highest BCUT2D eigenvalue weighted by molar-refractivity contribution is 5.94. The van der Waals surface area contributed by atoms with Gasteiger partial charge in [0, 0.05) is 17.6 Å². The Balaban J connectivity index is 0.00000400. The molecule has 21 heavy (non-hydrogen) atoms. The fourth-order valence-electron chi connectivity index (χ4n) is 1.67. The number of ether oxygens (including phenoxy) is 1. The maximum atomic E-state index is 12.1. The fraction of sp³-hybridized carbons (Fsp3) is 0.500. The van der Waals surface area contributed by atoms with Gasteiger partial charge >= 0.3 is 6.61 Å². The van der Waals surface area contributed by atoms with Gasteiger partial charge in [-0.1, -0.05) is 19.9 Å². The number of hydrogen-bond acceptors (Lipinski definition) is 3. The van der Waals surface area contributed by atoms with Crippen molar-refractivity contribution < 1.29 is 18.3 Å². The summed E-state index contributed by atoms with van der Waals surface area (Å²) in [6.07, 6.45) is 1.47. The molecule has 1 rings (SSSR count). The van der Waals surface area contributed by atoms with Crippen molar-refractivity contribution in [1.82, 2.24) is 5.32 Å². The maximum absolute atomic E-state index is 12.1. The van der Waals surface area contributed by atoms with Crippen LogP contribution >= 0.6 is 12.4 Å². The van der Waals surface area contributed by atoms with E-state index in [4.69, 9.17) is 5.73 Å². The van der Waals surface area contributed by atoms with Crippen molar-refractivity contribution >= 4 is 18.3 Å². The molecule has 0 saturated heterocycles. The third-order valence-corrected chi connectivity index (χ3v) is 3.33. The van der Waals surface area contributed by atoms with Crippen LogP contribution in [0.25, 0.3) is 0 Å². The van der Waals surface area contributed by atoms with Crippen molar-refractivity contribution in [2.75, 3.05) is 6.54 Å². The van der Waals surface area contributed by atoms with E-state index < -0.39 is 12.2 Å². The van der Waals surface area contributed by atoms with E-state index in [9.17, 15) is 13.6 Å². The van der Waals surface area contributed by atoms with Crippen molar-refractivity contribution in [3.63, 3.8) is 0 Å². The van der Waals surface area contributed by atoms with Gasteiger partial charge in [-0.25, -0.2) is 0 Å². The van der Waals surface area contributed by atoms with Gasteiger partial charge < -0.3 is 15.8 Å². The molecule has 0 atom stereocenters. The highest BCUT2D eigenvalue weighted by Gasteiger charge is 2.21. The van der Waals surface area contributed by atoms with Crippen molar-refractivity contribution in [1.29, 1.82) is 0 Å². The lowest BCUT2D eigenvalue weighted by Gasteiger charge is -2.26. The summed E-state index contributed by atoms with van der Waals surface area (Å²) in [5.74, 6) is -0.404. The Morgan fingerprint density at radius 1 is 1.38 bits per heavy atom. The smallest absolute Gasteiger partial charge is 0.387 e. The minimum absolute atomic E-state index is 0. The number of nitrogens with two attached hydrogens (primary N) is 1. The van der Waals surface area contributed by atoms with Crippen LogP contribution in [0, 0.1) is 0 Å². The van der Waals surface area contributed by atoms with Gasteiger partial charge in [-0.2, -0.15) is 8.78 Å². The Morgan fingerprint density at radius 3 is 2.52 bits per heavy atom. The van der Waals surface area contributed by atoms with Gasteiger partial charge in [0.25, 0.3) is 5.91 Å². The van der Waals surface area contributed by atoms with Crippen LogP contribution in [0.15, 0.2) is 24.3 Å². The third-order valence-electron chi connectivity index (χ3n) is 3.33. The van der Waals surface area contributed by atoms with E-state index in [-0.39, 0.29) is 29.6 Å². The van der Waals surface area contributed by atoms with Gasteiger partial charge in [0.15, 0.2) is 0 Å². The number of carbonyl (C=O) groups is 1. The highest BCUT2D eigenvalue weighted by Crippen LogP contribution is 2.16. The van der Waals surface area contributed by atoms with E-state index in [1.807, 2.05) is 13.8 Å². The molecule has 1 aromatic rings. The van der Waals surface area contributed by atoms with Gasteiger partial charge in [-0.3, -0.25) is 4.79 Å². The summed E-state index contributed by atoms with van der Waals surface area (Å²) in [5.41, 5.74) is 5.89. The number of nitrogens with one attached hydrogen (secondary N) is 1. The lowest BCUT2D eigenvalue weighted by Crippen LogP contribution is -2.49. The Morgan fingerprint density at radius 2 is 2.00 bits per heavy atom. The summed E-state index contributed by atoms with van der Waals surface area (Å²) in [4.78, 5) is 12.0. The molecule has 0 aliphatic carbocycles. The van der Waals surface area contributed by atoms with Crippen molar-refractivity contribution in [2.24, 2.45) is 5.73 Å². The number of rotatable bonds is 7. The van der Waals surface area contributed by atoms with Crippen LogP contribution in [0.1, 0.15) is 37.0 Å². The first-order chi connectivity index (χ1) is 9.40. The van der Waals surface area contributed by atoms with Crippen molar-refractivity contribution in [2.45, 2.75) is 38.8 Å². The second-order valence-corrected chi connectivity index (χ2v) is 4.66. The molecule has 0 aromatic heterocycles. The van der Waals surface area contributed by atoms with Crippen LogP contribution in [0.5, 0.6) is 5.75 Å². The van der Waals surface area contributed by atoms with Gasteiger partial charge in [0.1, 0.15) is 5.75 Å². The van der Waals surface area contributed by atoms with E-state index >= 15 is 0 Å². The SMILES string of the molecule is CCC(N)(CC)CNC(=O)c1cccc(OC(F)F)c1.Cl. The van der Waals surface area contributed by atoms with Gasteiger partial charge in [-0.05, 0) is 31.0 Å². The monoisotopic (exact) mass is 322 g/mol. The van der Waals surface area contributed by atoms with E-state index in [2.05, 4.69) is 10.1 Å². The molecular weight excluding hydrogens is 302 g/mol. The predicted octanol–water partition coefficient (Wildman–Crippen LogP) is 2.96. The molecule has 0 heterocycles.